The van der Waals surface area contributed by atoms with Gasteiger partial charge in [-0.3, -0.25) is 28.9 Å². The van der Waals surface area contributed by atoms with Crippen molar-refractivity contribution in [1.29, 1.82) is 0 Å². The molecule has 284 valence electrons. The van der Waals surface area contributed by atoms with E-state index in [1.807, 2.05) is 93.3 Å². The van der Waals surface area contributed by atoms with Crippen LogP contribution in [-0.4, -0.2) is 104 Å². The second-order valence-corrected chi connectivity index (χ2v) is 15.0. The van der Waals surface area contributed by atoms with Crippen molar-refractivity contribution in [2.45, 2.75) is 96.5 Å². The van der Waals surface area contributed by atoms with Crippen molar-refractivity contribution in [3.63, 3.8) is 0 Å². The van der Waals surface area contributed by atoms with Gasteiger partial charge in [0.1, 0.15) is 23.7 Å². The maximum Gasteiger partial charge on any atom is 0.243 e. The van der Waals surface area contributed by atoms with Gasteiger partial charge in [-0.15, -0.1) is 0 Å². The molecule has 4 amide bonds. The molecular weight excluding hydrogens is 662 g/mol. The summed E-state index contributed by atoms with van der Waals surface area (Å²) >= 11 is 0. The van der Waals surface area contributed by atoms with Crippen LogP contribution >= 0.6 is 0 Å². The van der Waals surface area contributed by atoms with Crippen LogP contribution in [0.25, 0.3) is 0 Å². The average molecular weight is 720 g/mol. The fourth-order valence-electron chi connectivity index (χ4n) is 6.33. The van der Waals surface area contributed by atoms with Gasteiger partial charge in [0.15, 0.2) is 5.78 Å². The summed E-state index contributed by atoms with van der Waals surface area (Å²) in [6, 6.07) is 15.3. The predicted molar refractivity (Wildman–Crippen MR) is 198 cm³/mol. The molecule has 2 heterocycles. The zero-order valence-electron chi connectivity index (χ0n) is 31.3. The van der Waals surface area contributed by atoms with Crippen LogP contribution in [0.3, 0.4) is 0 Å². The molecule has 52 heavy (non-hydrogen) atoms. The standard InChI is InChI=1S/C40H57N5O7/c1-27(2)22-32(36(47)40(5)26-52-40)42-39(50)34(24-30-14-10-7-11-15-30)44-38(49)33(23-28(3)4)43-37(48)31(17-16-29-12-8-6-9-13-29)41-35(46)25-45-18-20-51-21-19-45/h6-15,27-28,31-34H,16-26H2,1-5H3,(H,41,46)(H,42,50)(H,43,48)(H,44,49)/t31-,32?,33-,34-,40-/m0/s1. The summed E-state index contributed by atoms with van der Waals surface area (Å²) in [5.74, 6) is -1.83. The molecule has 12 nitrogen and oxygen atoms in total. The first-order valence-corrected chi connectivity index (χ1v) is 18.6. The molecule has 2 fully saturated rings. The van der Waals surface area contributed by atoms with Gasteiger partial charge in [-0.05, 0) is 55.6 Å². The summed E-state index contributed by atoms with van der Waals surface area (Å²) < 4.78 is 10.8. The van der Waals surface area contributed by atoms with E-state index in [0.717, 1.165) is 11.1 Å². The summed E-state index contributed by atoms with van der Waals surface area (Å²) in [6.45, 7) is 12.3. The third kappa shape index (κ3) is 13.1. The van der Waals surface area contributed by atoms with Gasteiger partial charge >= 0.3 is 0 Å². The minimum Gasteiger partial charge on any atom is -0.379 e. The van der Waals surface area contributed by atoms with Crippen LogP contribution in [0, 0.1) is 11.8 Å². The topological polar surface area (TPSA) is 158 Å². The molecule has 0 bridgehead atoms. The number of Topliss-reactive ketones (excluding diaryl/α,β-unsaturated/α-hetero) is 1. The van der Waals surface area contributed by atoms with Crippen molar-refractivity contribution in [2.75, 3.05) is 39.5 Å². The molecule has 12 heteroatoms. The van der Waals surface area contributed by atoms with E-state index in [-0.39, 0.29) is 36.5 Å². The first-order chi connectivity index (χ1) is 24.8. The molecular formula is C40H57N5O7. The van der Waals surface area contributed by atoms with Crippen LogP contribution in [0.15, 0.2) is 60.7 Å². The summed E-state index contributed by atoms with van der Waals surface area (Å²) in [5, 5.41) is 11.7. The van der Waals surface area contributed by atoms with Crippen LogP contribution in [-0.2, 0) is 46.3 Å². The number of hydrogen-bond donors (Lipinski definition) is 4. The minimum atomic E-state index is -1.03. The molecule has 0 radical (unpaired) electrons. The zero-order valence-corrected chi connectivity index (χ0v) is 31.3. The first-order valence-electron chi connectivity index (χ1n) is 18.6. The fraction of sp³-hybridized carbons (Fsp3) is 0.575. The molecule has 0 saturated carbocycles. The molecule has 0 aromatic heterocycles. The Balaban J connectivity index is 1.51. The lowest BCUT2D eigenvalue weighted by atomic mass is 9.93. The third-order valence-electron chi connectivity index (χ3n) is 9.38. The van der Waals surface area contributed by atoms with Crippen molar-refractivity contribution in [2.24, 2.45) is 11.8 Å². The lowest BCUT2D eigenvalue weighted by molar-refractivity contribution is -0.135. The highest BCUT2D eigenvalue weighted by Crippen LogP contribution is 2.29. The lowest BCUT2D eigenvalue weighted by Gasteiger charge is -2.29. The van der Waals surface area contributed by atoms with Crippen LogP contribution < -0.4 is 21.3 Å². The Hall–Kier alpha value is -4.13. The number of carbonyl (C=O) groups excluding carboxylic acids is 5. The Morgan fingerprint density at radius 1 is 0.692 bits per heavy atom. The minimum absolute atomic E-state index is 0.0171. The van der Waals surface area contributed by atoms with Crippen LogP contribution in [0.1, 0.15) is 65.0 Å². The highest BCUT2D eigenvalue weighted by Gasteiger charge is 2.50. The van der Waals surface area contributed by atoms with E-state index in [2.05, 4.69) is 21.3 Å². The Labute approximate surface area is 308 Å². The second kappa shape index (κ2) is 19.6. The summed E-state index contributed by atoms with van der Waals surface area (Å²) in [5.41, 5.74) is 0.915. The normalized spacial score (nSPS) is 19.6. The molecule has 0 spiro atoms. The number of ether oxygens (including phenoxy) is 2. The van der Waals surface area contributed by atoms with Gasteiger partial charge in [0, 0.05) is 19.5 Å². The summed E-state index contributed by atoms with van der Waals surface area (Å²) in [7, 11) is 0. The quantitative estimate of drug-likeness (QED) is 0.152. The number of aryl methyl sites for hydroxylation is 1. The van der Waals surface area contributed by atoms with E-state index >= 15 is 0 Å². The highest BCUT2D eigenvalue weighted by atomic mass is 16.6. The number of ketones is 1. The van der Waals surface area contributed by atoms with E-state index in [1.54, 1.807) is 6.92 Å². The van der Waals surface area contributed by atoms with Crippen molar-refractivity contribution < 1.29 is 33.4 Å². The van der Waals surface area contributed by atoms with E-state index in [0.29, 0.717) is 58.6 Å². The number of nitrogens with zero attached hydrogens (tertiary/aromatic N) is 1. The summed E-state index contributed by atoms with van der Waals surface area (Å²) in [4.78, 5) is 70.5. The summed E-state index contributed by atoms with van der Waals surface area (Å²) in [6.07, 6.45) is 1.76. The number of rotatable bonds is 20. The van der Waals surface area contributed by atoms with Crippen LogP contribution in [0.5, 0.6) is 0 Å². The largest absolute Gasteiger partial charge is 0.379 e. The van der Waals surface area contributed by atoms with Crippen molar-refractivity contribution in [3.8, 4) is 0 Å². The molecule has 4 rings (SSSR count). The van der Waals surface area contributed by atoms with Gasteiger partial charge in [0.05, 0.1) is 32.4 Å². The first kappa shape index (κ1) is 40.6. The smallest absolute Gasteiger partial charge is 0.243 e. The average Bonchev–Trinajstić information content (AvgIpc) is 3.87. The molecule has 2 aromatic carbocycles. The van der Waals surface area contributed by atoms with Crippen molar-refractivity contribution in [1.82, 2.24) is 26.2 Å². The number of amides is 4. The van der Waals surface area contributed by atoms with Gasteiger partial charge in [-0.25, -0.2) is 0 Å². The highest BCUT2D eigenvalue weighted by molar-refractivity contribution is 5.98. The van der Waals surface area contributed by atoms with Crippen molar-refractivity contribution >= 4 is 29.4 Å². The lowest BCUT2D eigenvalue weighted by Crippen LogP contribution is -2.59. The molecule has 2 saturated heterocycles. The number of benzene rings is 2. The van der Waals surface area contributed by atoms with Crippen molar-refractivity contribution in [3.05, 3.63) is 71.8 Å². The van der Waals surface area contributed by atoms with Gasteiger partial charge < -0.3 is 30.7 Å². The number of morpholine rings is 1. The Morgan fingerprint density at radius 3 is 1.77 bits per heavy atom. The number of epoxide rings is 1. The van der Waals surface area contributed by atoms with Gasteiger partial charge in [-0.2, -0.15) is 0 Å². The Bertz CT molecular complexity index is 1480. The van der Waals surface area contributed by atoms with Crippen LogP contribution in [0.2, 0.25) is 0 Å². The molecule has 4 N–H and O–H groups in total. The number of nitrogens with one attached hydrogen (secondary N) is 4. The monoisotopic (exact) mass is 719 g/mol. The number of hydrogen-bond acceptors (Lipinski definition) is 8. The van der Waals surface area contributed by atoms with E-state index in [4.69, 9.17) is 9.47 Å². The Kier molecular flexibility index (Phi) is 15.3. The fourth-order valence-corrected chi connectivity index (χ4v) is 6.33. The van der Waals surface area contributed by atoms with E-state index < -0.39 is 47.5 Å². The second-order valence-electron chi connectivity index (χ2n) is 15.0. The molecule has 2 aliphatic rings. The maximum atomic E-state index is 14.1. The van der Waals surface area contributed by atoms with E-state index in [9.17, 15) is 24.0 Å². The SMILES string of the molecule is CC(C)CC(NC(=O)[C@H](Cc1ccccc1)NC(=O)[C@H](CC(C)C)NC(=O)[C@H](CCc1ccccc1)NC(=O)CN1CCOCC1)C(=O)[C@]1(C)CO1. The Morgan fingerprint density at radius 2 is 1.19 bits per heavy atom. The number of carbonyl (C=O) groups is 5. The van der Waals surface area contributed by atoms with Crippen LogP contribution in [0.4, 0.5) is 0 Å². The molecule has 1 unspecified atom stereocenters. The maximum absolute atomic E-state index is 14.1. The predicted octanol–water partition coefficient (Wildman–Crippen LogP) is 2.58. The van der Waals surface area contributed by atoms with E-state index in [1.165, 1.54) is 0 Å². The van der Waals surface area contributed by atoms with Gasteiger partial charge in [0.25, 0.3) is 0 Å². The molecule has 2 aliphatic heterocycles. The molecule has 5 atom stereocenters. The molecule has 0 aliphatic carbocycles. The van der Waals surface area contributed by atoms with Gasteiger partial charge in [-0.1, -0.05) is 88.4 Å². The zero-order chi connectivity index (χ0) is 37.7. The molecule has 2 aromatic rings. The third-order valence-corrected chi connectivity index (χ3v) is 9.38. The van der Waals surface area contributed by atoms with Gasteiger partial charge in [0.2, 0.25) is 23.6 Å².